The molecule has 2 aromatic heterocycles. The van der Waals surface area contributed by atoms with E-state index in [1.165, 1.54) is 10.4 Å². The molecule has 0 saturated carbocycles. The molecule has 0 bridgehead atoms. The molecule has 1 atom stereocenters. The molecule has 92 valence electrons. The van der Waals surface area contributed by atoms with E-state index in [0.29, 0.717) is 6.04 Å². The Kier molecular flexibility index (Phi) is 3.91. The van der Waals surface area contributed by atoms with Gasteiger partial charge in [0.1, 0.15) is 0 Å². The summed E-state index contributed by atoms with van der Waals surface area (Å²) in [5.74, 6) is 0. The molecule has 0 aliphatic heterocycles. The maximum Gasteiger partial charge on any atom is 0.0794 e. The minimum absolute atomic E-state index is 0.328. The van der Waals surface area contributed by atoms with Crippen LogP contribution in [0.25, 0.3) is 0 Å². The molecule has 0 saturated heterocycles. The highest BCUT2D eigenvalue weighted by Gasteiger charge is 2.16. The molecule has 5 heteroatoms. The van der Waals surface area contributed by atoms with Gasteiger partial charge in [0.15, 0.2) is 0 Å². The number of aryl methyl sites for hydroxylation is 2. The molecule has 0 aromatic carbocycles. The van der Waals surface area contributed by atoms with Crippen molar-refractivity contribution in [1.82, 2.24) is 20.1 Å². The van der Waals surface area contributed by atoms with Crippen LogP contribution in [0.4, 0.5) is 0 Å². The normalized spacial score (nSPS) is 12.9. The molecule has 2 rings (SSSR count). The molecule has 1 unspecified atom stereocenters. The lowest BCUT2D eigenvalue weighted by molar-refractivity contribution is 0.550. The molecule has 0 aliphatic carbocycles. The van der Waals surface area contributed by atoms with Gasteiger partial charge in [-0.3, -0.25) is 9.67 Å². The van der Waals surface area contributed by atoms with Crippen LogP contribution < -0.4 is 5.32 Å². The van der Waals surface area contributed by atoms with E-state index < -0.39 is 0 Å². The first-order chi connectivity index (χ1) is 8.20. The van der Waals surface area contributed by atoms with Crippen LogP contribution in [0.1, 0.15) is 29.1 Å². The minimum atomic E-state index is 0.328. The summed E-state index contributed by atoms with van der Waals surface area (Å²) in [6, 6.07) is 0.328. The second kappa shape index (κ2) is 5.42. The van der Waals surface area contributed by atoms with Crippen LogP contribution in [0.5, 0.6) is 0 Å². The van der Waals surface area contributed by atoms with Crippen molar-refractivity contribution in [2.75, 3.05) is 6.54 Å². The highest BCUT2D eigenvalue weighted by molar-refractivity contribution is 7.09. The van der Waals surface area contributed by atoms with Gasteiger partial charge in [0.2, 0.25) is 0 Å². The average Bonchev–Trinajstić information content (AvgIpc) is 2.88. The summed E-state index contributed by atoms with van der Waals surface area (Å²) in [4.78, 5) is 5.43. The summed E-state index contributed by atoms with van der Waals surface area (Å²) in [5, 5.41) is 7.92. The van der Waals surface area contributed by atoms with E-state index in [-0.39, 0.29) is 0 Å². The fourth-order valence-electron chi connectivity index (χ4n) is 2.04. The summed E-state index contributed by atoms with van der Waals surface area (Å²) >= 11 is 1.71. The van der Waals surface area contributed by atoms with Crippen LogP contribution in [0.15, 0.2) is 17.9 Å². The molecule has 17 heavy (non-hydrogen) atoms. The second-order valence-electron chi connectivity index (χ2n) is 4.13. The van der Waals surface area contributed by atoms with E-state index in [2.05, 4.69) is 35.4 Å². The van der Waals surface area contributed by atoms with E-state index in [9.17, 15) is 0 Å². The van der Waals surface area contributed by atoms with Crippen molar-refractivity contribution >= 4 is 11.3 Å². The lowest BCUT2D eigenvalue weighted by Gasteiger charge is -2.16. The Labute approximate surface area is 106 Å². The van der Waals surface area contributed by atoms with Gasteiger partial charge >= 0.3 is 0 Å². The number of hydrogen-bond donors (Lipinski definition) is 1. The van der Waals surface area contributed by atoms with Crippen LogP contribution in [0, 0.1) is 6.92 Å². The van der Waals surface area contributed by atoms with Gasteiger partial charge in [0.05, 0.1) is 11.2 Å². The zero-order valence-corrected chi connectivity index (χ0v) is 11.3. The minimum Gasteiger partial charge on any atom is -0.310 e. The molecular weight excluding hydrogens is 232 g/mol. The van der Waals surface area contributed by atoms with Crippen LogP contribution in [-0.2, 0) is 13.5 Å². The summed E-state index contributed by atoms with van der Waals surface area (Å²) in [7, 11) is 1.96. The SMILES string of the molecule is CCNC(Cc1cncs1)c1cn(C)nc1C. The van der Waals surface area contributed by atoms with E-state index in [1.807, 2.05) is 23.4 Å². The third-order valence-corrected chi connectivity index (χ3v) is 3.57. The van der Waals surface area contributed by atoms with Gasteiger partial charge in [-0.2, -0.15) is 5.10 Å². The van der Waals surface area contributed by atoms with Crippen molar-refractivity contribution in [3.8, 4) is 0 Å². The molecular formula is C12H18N4S. The molecule has 2 heterocycles. The van der Waals surface area contributed by atoms with E-state index >= 15 is 0 Å². The molecule has 0 spiro atoms. The predicted octanol–water partition coefficient (Wildman–Crippen LogP) is 2.08. The molecule has 0 fully saturated rings. The smallest absolute Gasteiger partial charge is 0.0794 e. The Morgan fingerprint density at radius 3 is 2.88 bits per heavy atom. The van der Waals surface area contributed by atoms with Gasteiger partial charge < -0.3 is 5.32 Å². The number of nitrogens with zero attached hydrogens (tertiary/aromatic N) is 3. The largest absolute Gasteiger partial charge is 0.310 e. The Balaban J connectivity index is 2.19. The maximum absolute atomic E-state index is 4.41. The standard InChI is InChI=1S/C12H18N4S/c1-4-14-12(5-10-6-13-8-17-10)11-7-16(3)15-9(11)2/h6-8,12,14H,4-5H2,1-3H3. The lowest BCUT2D eigenvalue weighted by atomic mass is 10.0. The third-order valence-electron chi connectivity index (χ3n) is 2.77. The van der Waals surface area contributed by atoms with Crippen molar-refractivity contribution in [3.05, 3.63) is 34.0 Å². The summed E-state index contributed by atoms with van der Waals surface area (Å²) in [6.45, 7) is 5.15. The first kappa shape index (κ1) is 12.3. The van der Waals surface area contributed by atoms with Gasteiger partial charge in [-0.15, -0.1) is 11.3 Å². The molecule has 2 aromatic rings. The van der Waals surface area contributed by atoms with Gasteiger partial charge in [0.25, 0.3) is 0 Å². The number of rotatable bonds is 5. The fraction of sp³-hybridized carbons (Fsp3) is 0.500. The number of hydrogen-bond acceptors (Lipinski definition) is 4. The van der Waals surface area contributed by atoms with Crippen molar-refractivity contribution in [1.29, 1.82) is 0 Å². The maximum atomic E-state index is 4.41. The highest BCUT2D eigenvalue weighted by atomic mass is 32.1. The van der Waals surface area contributed by atoms with Crippen LogP contribution in [0.3, 0.4) is 0 Å². The highest BCUT2D eigenvalue weighted by Crippen LogP contribution is 2.22. The first-order valence-corrected chi connectivity index (χ1v) is 6.69. The number of aromatic nitrogens is 3. The zero-order chi connectivity index (χ0) is 12.3. The van der Waals surface area contributed by atoms with Crippen LogP contribution >= 0.6 is 11.3 Å². The van der Waals surface area contributed by atoms with Gasteiger partial charge in [0, 0.05) is 42.3 Å². The van der Waals surface area contributed by atoms with Crippen LogP contribution in [0.2, 0.25) is 0 Å². The number of thiazole rings is 1. The molecule has 4 nitrogen and oxygen atoms in total. The Morgan fingerprint density at radius 1 is 1.53 bits per heavy atom. The number of nitrogens with one attached hydrogen (secondary N) is 1. The van der Waals surface area contributed by atoms with Crippen LogP contribution in [-0.4, -0.2) is 21.3 Å². The monoisotopic (exact) mass is 250 g/mol. The Morgan fingerprint density at radius 2 is 2.35 bits per heavy atom. The average molecular weight is 250 g/mol. The zero-order valence-electron chi connectivity index (χ0n) is 10.5. The molecule has 0 radical (unpaired) electrons. The quantitative estimate of drug-likeness (QED) is 0.883. The van der Waals surface area contributed by atoms with E-state index in [4.69, 9.17) is 0 Å². The van der Waals surface area contributed by atoms with Crippen molar-refractivity contribution in [3.63, 3.8) is 0 Å². The molecule has 0 amide bonds. The van der Waals surface area contributed by atoms with Crippen molar-refractivity contribution < 1.29 is 0 Å². The lowest BCUT2D eigenvalue weighted by Crippen LogP contribution is -2.23. The second-order valence-corrected chi connectivity index (χ2v) is 5.10. The fourth-order valence-corrected chi connectivity index (χ4v) is 2.68. The van der Waals surface area contributed by atoms with Crippen molar-refractivity contribution in [2.24, 2.45) is 7.05 Å². The Hall–Kier alpha value is -1.20. The summed E-state index contributed by atoms with van der Waals surface area (Å²) in [6.07, 6.45) is 5.02. The van der Waals surface area contributed by atoms with Gasteiger partial charge in [-0.25, -0.2) is 0 Å². The predicted molar refractivity (Wildman–Crippen MR) is 70.2 cm³/mol. The third kappa shape index (κ3) is 2.92. The van der Waals surface area contributed by atoms with Crippen molar-refractivity contribution in [2.45, 2.75) is 26.3 Å². The number of likely N-dealkylation sites (N-methyl/N-ethyl adjacent to an activating group) is 1. The van der Waals surface area contributed by atoms with E-state index in [0.717, 1.165) is 18.7 Å². The molecule has 0 aliphatic rings. The first-order valence-electron chi connectivity index (χ1n) is 5.81. The van der Waals surface area contributed by atoms with Gasteiger partial charge in [-0.05, 0) is 13.5 Å². The Bertz CT molecular complexity index is 461. The van der Waals surface area contributed by atoms with E-state index in [1.54, 1.807) is 11.3 Å². The summed E-state index contributed by atoms with van der Waals surface area (Å²) < 4.78 is 1.88. The molecule has 1 N–H and O–H groups in total. The summed E-state index contributed by atoms with van der Waals surface area (Å²) in [5.41, 5.74) is 4.26. The van der Waals surface area contributed by atoms with Gasteiger partial charge in [-0.1, -0.05) is 6.92 Å². The topological polar surface area (TPSA) is 42.7 Å².